The van der Waals surface area contributed by atoms with Crippen LogP contribution >= 0.6 is 0 Å². The molecule has 0 saturated heterocycles. The average Bonchev–Trinajstić information content (AvgIpc) is 2.39. The highest BCUT2D eigenvalue weighted by Gasteiger charge is 2.42. The van der Waals surface area contributed by atoms with Crippen LogP contribution in [-0.2, 0) is 19.0 Å². The number of carbonyl (C=O) groups excluding carboxylic acids is 1. The highest BCUT2D eigenvalue weighted by molar-refractivity contribution is 5.79. The van der Waals surface area contributed by atoms with Crippen LogP contribution < -0.4 is 0 Å². The third kappa shape index (κ3) is 3.78. The first kappa shape index (κ1) is 15.7. The first-order valence-electron chi connectivity index (χ1n) is 6.30. The number of ether oxygens (including phenoxy) is 3. The number of hydrogen-bond donors (Lipinski definition) is 0. The molecule has 0 bridgehead atoms. The smallest absolute Gasteiger partial charge is 0.319 e. The molecule has 0 aromatic heterocycles. The van der Waals surface area contributed by atoms with Crippen LogP contribution in [0.1, 0.15) is 32.3 Å². The lowest BCUT2D eigenvalue weighted by Crippen LogP contribution is -2.42. The Morgan fingerprint density at radius 2 is 1.63 bits per heavy atom. The number of benzene rings is 1. The van der Waals surface area contributed by atoms with Gasteiger partial charge in [0, 0.05) is 14.2 Å². The Balaban J connectivity index is 3.15. The molecule has 0 heterocycles. The van der Waals surface area contributed by atoms with E-state index in [1.165, 1.54) is 14.2 Å². The molecule has 0 aliphatic rings. The SMILES string of the molecule is COC(C)(OC)C(C(=O)OC(C)C)c1ccccc1. The minimum atomic E-state index is -1.06. The predicted molar refractivity (Wildman–Crippen MR) is 72.8 cm³/mol. The van der Waals surface area contributed by atoms with Crippen molar-refractivity contribution in [3.8, 4) is 0 Å². The van der Waals surface area contributed by atoms with Gasteiger partial charge in [0.05, 0.1) is 6.10 Å². The fourth-order valence-electron chi connectivity index (χ4n) is 1.92. The van der Waals surface area contributed by atoms with Gasteiger partial charge in [-0.05, 0) is 26.3 Å². The third-order valence-corrected chi connectivity index (χ3v) is 3.06. The highest BCUT2D eigenvalue weighted by Crippen LogP contribution is 2.33. The molecule has 0 fully saturated rings. The van der Waals surface area contributed by atoms with Crippen LogP contribution in [-0.4, -0.2) is 32.1 Å². The maximum atomic E-state index is 12.3. The maximum Gasteiger partial charge on any atom is 0.319 e. The number of carbonyl (C=O) groups is 1. The van der Waals surface area contributed by atoms with Gasteiger partial charge >= 0.3 is 5.97 Å². The Hall–Kier alpha value is -1.39. The van der Waals surface area contributed by atoms with E-state index in [0.717, 1.165) is 5.56 Å². The normalized spacial score (nSPS) is 13.4. The molecule has 1 rings (SSSR count). The minimum Gasteiger partial charge on any atom is -0.462 e. The second-order valence-electron chi connectivity index (χ2n) is 4.75. The molecule has 19 heavy (non-hydrogen) atoms. The Kier molecular flexibility index (Phi) is 5.51. The number of methoxy groups -OCH3 is 2. The molecule has 0 N–H and O–H groups in total. The van der Waals surface area contributed by atoms with Crippen LogP contribution in [0.15, 0.2) is 30.3 Å². The summed E-state index contributed by atoms with van der Waals surface area (Å²) in [6.07, 6.45) is -0.184. The summed E-state index contributed by atoms with van der Waals surface area (Å²) < 4.78 is 16.1. The van der Waals surface area contributed by atoms with Crippen LogP contribution in [0.5, 0.6) is 0 Å². The summed E-state index contributed by atoms with van der Waals surface area (Å²) in [5, 5.41) is 0. The molecule has 1 atom stereocenters. The molecular formula is C15H22O4. The lowest BCUT2D eigenvalue weighted by atomic mass is 9.91. The summed E-state index contributed by atoms with van der Waals surface area (Å²) in [6, 6.07) is 9.36. The molecule has 1 aromatic carbocycles. The van der Waals surface area contributed by atoms with Gasteiger partial charge in [0.2, 0.25) is 0 Å². The summed E-state index contributed by atoms with van der Waals surface area (Å²) in [4.78, 5) is 12.3. The summed E-state index contributed by atoms with van der Waals surface area (Å²) in [5.74, 6) is -2.05. The fourth-order valence-corrected chi connectivity index (χ4v) is 1.92. The van der Waals surface area contributed by atoms with Gasteiger partial charge < -0.3 is 14.2 Å². The Labute approximate surface area is 114 Å². The van der Waals surface area contributed by atoms with Crippen molar-refractivity contribution < 1.29 is 19.0 Å². The molecule has 0 amide bonds. The van der Waals surface area contributed by atoms with Crippen molar-refractivity contribution in [1.29, 1.82) is 0 Å². The topological polar surface area (TPSA) is 44.8 Å². The summed E-state index contributed by atoms with van der Waals surface area (Å²) in [6.45, 7) is 5.36. The first-order valence-corrected chi connectivity index (χ1v) is 6.30. The van der Waals surface area contributed by atoms with E-state index in [2.05, 4.69) is 0 Å². The summed E-state index contributed by atoms with van der Waals surface area (Å²) in [7, 11) is 3.03. The van der Waals surface area contributed by atoms with E-state index >= 15 is 0 Å². The van der Waals surface area contributed by atoms with Crippen LogP contribution in [0.3, 0.4) is 0 Å². The van der Waals surface area contributed by atoms with E-state index < -0.39 is 11.7 Å². The van der Waals surface area contributed by atoms with E-state index in [0.29, 0.717) is 0 Å². The maximum absolute atomic E-state index is 12.3. The van der Waals surface area contributed by atoms with Crippen molar-refractivity contribution >= 4 is 5.97 Å². The van der Waals surface area contributed by atoms with Crippen molar-refractivity contribution in [2.75, 3.05) is 14.2 Å². The van der Waals surface area contributed by atoms with Gasteiger partial charge in [0.25, 0.3) is 0 Å². The van der Waals surface area contributed by atoms with Crippen molar-refractivity contribution in [3.05, 3.63) is 35.9 Å². The van der Waals surface area contributed by atoms with Gasteiger partial charge in [-0.2, -0.15) is 0 Å². The molecule has 0 saturated carbocycles. The van der Waals surface area contributed by atoms with Crippen LogP contribution in [0.25, 0.3) is 0 Å². The molecule has 1 aromatic rings. The van der Waals surface area contributed by atoms with Gasteiger partial charge in [-0.1, -0.05) is 30.3 Å². The average molecular weight is 266 g/mol. The predicted octanol–water partition coefficient (Wildman–Crippen LogP) is 2.73. The zero-order valence-corrected chi connectivity index (χ0v) is 12.2. The number of hydrogen-bond acceptors (Lipinski definition) is 4. The van der Waals surface area contributed by atoms with Crippen molar-refractivity contribution in [2.24, 2.45) is 0 Å². The second kappa shape index (κ2) is 6.68. The lowest BCUT2D eigenvalue weighted by molar-refractivity contribution is -0.218. The van der Waals surface area contributed by atoms with Gasteiger partial charge in [-0.15, -0.1) is 0 Å². The van der Waals surface area contributed by atoms with E-state index in [9.17, 15) is 4.79 Å². The molecule has 0 radical (unpaired) electrons. The number of rotatable bonds is 6. The van der Waals surface area contributed by atoms with E-state index in [1.807, 2.05) is 44.2 Å². The standard InChI is InChI=1S/C15H22O4/c1-11(2)19-14(16)13(15(3,17-4)18-5)12-9-7-6-8-10-12/h6-11,13H,1-5H3. The summed E-state index contributed by atoms with van der Waals surface area (Å²) >= 11 is 0. The molecule has 0 spiro atoms. The Morgan fingerprint density at radius 3 is 2.05 bits per heavy atom. The highest BCUT2D eigenvalue weighted by atomic mass is 16.7. The van der Waals surface area contributed by atoms with Crippen molar-refractivity contribution in [2.45, 2.75) is 38.6 Å². The fraction of sp³-hybridized carbons (Fsp3) is 0.533. The monoisotopic (exact) mass is 266 g/mol. The molecule has 0 aliphatic heterocycles. The molecule has 4 nitrogen and oxygen atoms in total. The van der Waals surface area contributed by atoms with Gasteiger partial charge in [0.1, 0.15) is 5.92 Å². The summed E-state index contributed by atoms with van der Waals surface area (Å²) in [5.41, 5.74) is 0.805. The molecule has 106 valence electrons. The van der Waals surface area contributed by atoms with Gasteiger partial charge in [-0.3, -0.25) is 4.79 Å². The van der Waals surface area contributed by atoms with Gasteiger partial charge in [0.15, 0.2) is 5.79 Å². The second-order valence-corrected chi connectivity index (χ2v) is 4.75. The van der Waals surface area contributed by atoms with Gasteiger partial charge in [-0.25, -0.2) is 0 Å². The Morgan fingerprint density at radius 1 is 1.11 bits per heavy atom. The van der Waals surface area contributed by atoms with Crippen LogP contribution in [0.2, 0.25) is 0 Å². The zero-order valence-electron chi connectivity index (χ0n) is 12.2. The first-order chi connectivity index (χ1) is 8.94. The van der Waals surface area contributed by atoms with Crippen LogP contribution in [0.4, 0.5) is 0 Å². The van der Waals surface area contributed by atoms with E-state index in [4.69, 9.17) is 14.2 Å². The largest absolute Gasteiger partial charge is 0.462 e. The third-order valence-electron chi connectivity index (χ3n) is 3.06. The zero-order chi connectivity index (χ0) is 14.5. The van der Waals surface area contributed by atoms with Crippen molar-refractivity contribution in [1.82, 2.24) is 0 Å². The molecular weight excluding hydrogens is 244 g/mol. The molecule has 0 aliphatic carbocycles. The van der Waals surface area contributed by atoms with E-state index in [1.54, 1.807) is 6.92 Å². The van der Waals surface area contributed by atoms with Crippen LogP contribution in [0, 0.1) is 0 Å². The quantitative estimate of drug-likeness (QED) is 0.586. The van der Waals surface area contributed by atoms with E-state index in [-0.39, 0.29) is 12.1 Å². The van der Waals surface area contributed by atoms with Crippen molar-refractivity contribution in [3.63, 3.8) is 0 Å². The number of esters is 1. The lowest BCUT2D eigenvalue weighted by Gasteiger charge is -2.34. The minimum absolute atomic E-state index is 0.184. The Bertz CT molecular complexity index is 396. The molecule has 1 unspecified atom stereocenters. The molecule has 4 heteroatoms.